The molecule has 0 spiro atoms. The van der Waals surface area contributed by atoms with Gasteiger partial charge in [0.1, 0.15) is 11.8 Å². The molecule has 6 heteroatoms. The van der Waals surface area contributed by atoms with Crippen LogP contribution in [0.25, 0.3) is 0 Å². The summed E-state index contributed by atoms with van der Waals surface area (Å²) in [5, 5.41) is 10.9. The van der Waals surface area contributed by atoms with E-state index < -0.39 is 0 Å². The predicted octanol–water partition coefficient (Wildman–Crippen LogP) is 3.32. The third-order valence-electron chi connectivity index (χ3n) is 6.44. The first-order valence-corrected chi connectivity index (χ1v) is 10.6. The van der Waals surface area contributed by atoms with Crippen LogP contribution in [0.2, 0.25) is 0 Å². The molecule has 158 valence electrons. The molecule has 2 aromatic carbocycles. The minimum absolute atomic E-state index is 0.0570. The Balaban J connectivity index is 1.59. The maximum Gasteiger partial charge on any atom is 0.242 e. The van der Waals surface area contributed by atoms with Gasteiger partial charge in [0, 0.05) is 30.4 Å². The van der Waals surface area contributed by atoms with Crippen molar-refractivity contribution < 1.29 is 9.90 Å². The van der Waals surface area contributed by atoms with Crippen LogP contribution in [-0.4, -0.2) is 26.9 Å². The minimum atomic E-state index is -0.368. The fourth-order valence-electron chi connectivity index (χ4n) is 5.11. The zero-order valence-corrected chi connectivity index (χ0v) is 17.6. The number of pyridine rings is 1. The van der Waals surface area contributed by atoms with Crippen LogP contribution in [0, 0.1) is 19.8 Å². The molecule has 2 aliphatic rings. The molecule has 4 unspecified atom stereocenters. The molecule has 3 N–H and O–H groups in total. The molecular formula is C25H26N4O2. The van der Waals surface area contributed by atoms with Gasteiger partial charge in [-0.2, -0.15) is 0 Å². The van der Waals surface area contributed by atoms with Gasteiger partial charge in [-0.15, -0.1) is 0 Å². The van der Waals surface area contributed by atoms with Crippen LogP contribution in [0.3, 0.4) is 0 Å². The lowest BCUT2D eigenvalue weighted by atomic mass is 9.82. The molecule has 3 aromatic rings. The van der Waals surface area contributed by atoms with Crippen molar-refractivity contribution in [3.8, 4) is 5.75 Å². The van der Waals surface area contributed by atoms with E-state index >= 15 is 0 Å². The van der Waals surface area contributed by atoms with Crippen molar-refractivity contribution in [1.29, 1.82) is 0 Å². The van der Waals surface area contributed by atoms with Crippen molar-refractivity contribution in [2.24, 2.45) is 5.92 Å². The van der Waals surface area contributed by atoms with E-state index in [4.69, 9.17) is 0 Å². The molecule has 2 saturated heterocycles. The van der Waals surface area contributed by atoms with E-state index in [9.17, 15) is 9.90 Å². The average Bonchev–Trinajstić information content (AvgIpc) is 3.31. The summed E-state index contributed by atoms with van der Waals surface area (Å²) in [5.74, 6) is 0.274. The predicted molar refractivity (Wildman–Crippen MR) is 118 cm³/mol. The van der Waals surface area contributed by atoms with E-state index in [-0.39, 0.29) is 35.7 Å². The quantitative estimate of drug-likeness (QED) is 0.611. The fraction of sp³-hybridized carbons (Fsp3) is 0.280. The lowest BCUT2D eigenvalue weighted by Gasteiger charge is -2.31. The normalized spacial score (nSPS) is 25.1. The summed E-state index contributed by atoms with van der Waals surface area (Å²) in [6.45, 7) is 4.43. The zero-order valence-electron chi connectivity index (χ0n) is 17.6. The van der Waals surface area contributed by atoms with Gasteiger partial charge in [0.2, 0.25) is 5.91 Å². The highest BCUT2D eigenvalue weighted by Crippen LogP contribution is 2.49. The largest absolute Gasteiger partial charge is 0.507 e. The summed E-state index contributed by atoms with van der Waals surface area (Å²) in [7, 11) is 0. The molecule has 1 amide bonds. The molecule has 1 aromatic heterocycles. The SMILES string of the molecule is Cc1cc(C)c(O)c(C2NNC3C(=O)N(Cc4cccnc4)C(c4ccccc4)C32)c1. The highest BCUT2D eigenvalue weighted by atomic mass is 16.3. The highest BCUT2D eigenvalue weighted by molar-refractivity contribution is 5.86. The van der Waals surface area contributed by atoms with Gasteiger partial charge in [-0.25, -0.2) is 10.9 Å². The summed E-state index contributed by atoms with van der Waals surface area (Å²) in [5.41, 5.74) is 11.4. The fourth-order valence-corrected chi connectivity index (χ4v) is 5.11. The van der Waals surface area contributed by atoms with Gasteiger partial charge in [0.25, 0.3) is 0 Å². The van der Waals surface area contributed by atoms with Gasteiger partial charge in [-0.05, 0) is 36.6 Å². The van der Waals surface area contributed by atoms with Gasteiger partial charge in [-0.3, -0.25) is 9.78 Å². The standard InChI is InChI=1S/C25H26N4O2/c1-15-11-16(2)24(30)19(12-15)21-20-22(28-27-21)25(31)29(14-17-7-6-10-26-13-17)23(20)18-8-4-3-5-9-18/h3-13,20-23,27-28,30H,14H2,1-2H3. The molecule has 3 heterocycles. The summed E-state index contributed by atoms with van der Waals surface area (Å²) in [4.78, 5) is 19.7. The Bertz CT molecular complexity index is 1100. The second-order valence-corrected chi connectivity index (χ2v) is 8.52. The lowest BCUT2D eigenvalue weighted by molar-refractivity contribution is -0.131. The minimum Gasteiger partial charge on any atom is -0.507 e. The van der Waals surface area contributed by atoms with Crippen molar-refractivity contribution in [2.75, 3.05) is 0 Å². The Kier molecular flexibility index (Phi) is 4.96. The molecule has 5 rings (SSSR count). The van der Waals surface area contributed by atoms with E-state index in [0.717, 1.165) is 27.8 Å². The van der Waals surface area contributed by atoms with E-state index in [1.165, 1.54) is 0 Å². The number of nitrogens with zero attached hydrogens (tertiary/aromatic N) is 2. The van der Waals surface area contributed by atoms with Crippen LogP contribution in [0.1, 0.15) is 39.9 Å². The topological polar surface area (TPSA) is 77.5 Å². The number of nitrogens with one attached hydrogen (secondary N) is 2. The van der Waals surface area contributed by atoms with Crippen LogP contribution >= 0.6 is 0 Å². The van der Waals surface area contributed by atoms with Crippen LogP contribution < -0.4 is 10.9 Å². The Morgan fingerprint density at radius 2 is 1.81 bits per heavy atom. The van der Waals surface area contributed by atoms with Crippen molar-refractivity contribution in [2.45, 2.75) is 38.5 Å². The second kappa shape index (κ2) is 7.80. The number of hydrogen-bond donors (Lipinski definition) is 3. The maximum atomic E-state index is 13.5. The lowest BCUT2D eigenvalue weighted by Crippen LogP contribution is -2.41. The second-order valence-electron chi connectivity index (χ2n) is 8.52. The van der Waals surface area contributed by atoms with Crippen LogP contribution in [0.15, 0.2) is 67.0 Å². The number of carbonyl (C=O) groups is 1. The van der Waals surface area contributed by atoms with E-state index in [0.29, 0.717) is 6.54 Å². The number of aryl methyl sites for hydroxylation is 2. The zero-order chi connectivity index (χ0) is 21.5. The van der Waals surface area contributed by atoms with E-state index in [1.807, 2.05) is 67.4 Å². The van der Waals surface area contributed by atoms with Crippen molar-refractivity contribution >= 4 is 5.91 Å². The molecule has 0 radical (unpaired) electrons. The Labute approximate surface area is 181 Å². The van der Waals surface area contributed by atoms with Gasteiger partial charge in [0.05, 0.1) is 12.1 Å². The van der Waals surface area contributed by atoms with Crippen LogP contribution in [0.5, 0.6) is 5.75 Å². The summed E-state index contributed by atoms with van der Waals surface area (Å²) in [6, 6.07) is 17.3. The number of phenolic OH excluding ortho intramolecular Hbond substituents is 1. The number of benzene rings is 2. The molecule has 0 bridgehead atoms. The number of rotatable bonds is 4. The Morgan fingerprint density at radius 1 is 1.03 bits per heavy atom. The molecular weight excluding hydrogens is 388 g/mol. The number of likely N-dealkylation sites (tertiary alicyclic amines) is 1. The average molecular weight is 415 g/mol. The molecule has 2 aliphatic heterocycles. The maximum absolute atomic E-state index is 13.5. The highest BCUT2D eigenvalue weighted by Gasteiger charge is 2.55. The molecule has 0 aliphatic carbocycles. The number of aromatic hydroxyl groups is 1. The number of amides is 1. The first-order valence-electron chi connectivity index (χ1n) is 10.6. The van der Waals surface area contributed by atoms with Gasteiger partial charge >= 0.3 is 0 Å². The third-order valence-corrected chi connectivity index (χ3v) is 6.44. The van der Waals surface area contributed by atoms with Crippen molar-refractivity contribution in [3.05, 3.63) is 94.8 Å². The van der Waals surface area contributed by atoms with Crippen molar-refractivity contribution in [1.82, 2.24) is 20.7 Å². The monoisotopic (exact) mass is 414 g/mol. The number of phenols is 1. The molecule has 6 nitrogen and oxygen atoms in total. The van der Waals surface area contributed by atoms with Crippen molar-refractivity contribution in [3.63, 3.8) is 0 Å². The Hall–Kier alpha value is -3.22. The van der Waals surface area contributed by atoms with Gasteiger partial charge < -0.3 is 10.0 Å². The molecule has 4 atom stereocenters. The third kappa shape index (κ3) is 3.38. The summed E-state index contributed by atoms with van der Waals surface area (Å²) in [6.07, 6.45) is 3.55. The Morgan fingerprint density at radius 3 is 2.55 bits per heavy atom. The first-order chi connectivity index (χ1) is 15.0. The smallest absolute Gasteiger partial charge is 0.242 e. The van der Waals surface area contributed by atoms with Crippen LogP contribution in [-0.2, 0) is 11.3 Å². The number of carbonyl (C=O) groups excluding carboxylic acids is 1. The molecule has 31 heavy (non-hydrogen) atoms. The summed E-state index contributed by atoms with van der Waals surface area (Å²) >= 11 is 0. The number of aromatic nitrogens is 1. The van der Waals surface area contributed by atoms with E-state index in [2.05, 4.69) is 28.0 Å². The van der Waals surface area contributed by atoms with E-state index in [1.54, 1.807) is 6.20 Å². The molecule has 0 saturated carbocycles. The molecule has 2 fully saturated rings. The first kappa shape index (κ1) is 19.7. The van der Waals surface area contributed by atoms with Gasteiger partial charge in [-0.1, -0.05) is 54.1 Å². The number of hydrazine groups is 1. The number of hydrogen-bond acceptors (Lipinski definition) is 5. The van der Waals surface area contributed by atoms with Gasteiger partial charge in [0.15, 0.2) is 0 Å². The summed E-state index contributed by atoms with van der Waals surface area (Å²) < 4.78 is 0. The number of fused-ring (bicyclic) bond motifs is 1. The van der Waals surface area contributed by atoms with Crippen LogP contribution in [0.4, 0.5) is 0 Å².